The highest BCUT2D eigenvalue weighted by Crippen LogP contribution is 2.28. The molecule has 0 unspecified atom stereocenters. The Hall–Kier alpha value is -2.00. The van der Waals surface area contributed by atoms with Crippen LogP contribution in [0.15, 0.2) is 33.5 Å². The summed E-state index contributed by atoms with van der Waals surface area (Å²) < 4.78 is 29.7. The van der Waals surface area contributed by atoms with Crippen molar-refractivity contribution in [1.29, 1.82) is 0 Å². The number of fused-ring (bicyclic) bond motifs is 1. The second kappa shape index (κ2) is 6.48. The van der Waals surface area contributed by atoms with E-state index in [1.807, 2.05) is 0 Å². The van der Waals surface area contributed by atoms with E-state index < -0.39 is 43.0 Å². The van der Waals surface area contributed by atoms with E-state index in [0.29, 0.717) is 5.39 Å². The summed E-state index contributed by atoms with van der Waals surface area (Å²) in [7, 11) is 0. The Kier molecular flexibility index (Phi) is 4.55. The van der Waals surface area contributed by atoms with Crippen LogP contribution >= 0.6 is 0 Å². The number of rotatable bonds is 3. The van der Waals surface area contributed by atoms with Gasteiger partial charge in [0.15, 0.2) is 6.17 Å². The molecule has 0 saturated carbocycles. The second-order valence-corrected chi connectivity index (χ2v) is 5.68. The number of halogens is 1. The van der Waals surface area contributed by atoms with Crippen LogP contribution in [0.25, 0.3) is 11.0 Å². The van der Waals surface area contributed by atoms with E-state index >= 15 is 0 Å². The maximum atomic E-state index is 14.1. The van der Waals surface area contributed by atoms with Crippen LogP contribution in [0.2, 0.25) is 0 Å². The van der Waals surface area contributed by atoms with Crippen LogP contribution in [-0.4, -0.2) is 52.7 Å². The number of alkyl halides is 1. The van der Waals surface area contributed by atoms with Crippen LogP contribution < -0.4 is 10.4 Å². The molecule has 1 aromatic carbocycles. The standard InChI is InChI=1S/C16H17FO7/c1-7-4-12(19)23-10-5-8(2-3-9(7)10)22-16-13(17)15(21)14(20)11(6-18)24-16/h2-5,11,13-16,18,20-21H,6H2,1H3/t11-,13-,14+,15-,16-/m1/s1. The largest absolute Gasteiger partial charge is 0.461 e. The molecule has 0 spiro atoms. The highest BCUT2D eigenvalue weighted by atomic mass is 19.1. The Labute approximate surface area is 135 Å². The third kappa shape index (κ3) is 3.01. The third-order valence-corrected chi connectivity index (χ3v) is 3.98. The van der Waals surface area contributed by atoms with Gasteiger partial charge in [-0.05, 0) is 24.6 Å². The minimum atomic E-state index is -2.01. The van der Waals surface area contributed by atoms with Crippen molar-refractivity contribution in [3.05, 3.63) is 40.2 Å². The molecule has 8 heteroatoms. The summed E-state index contributed by atoms with van der Waals surface area (Å²) in [5.41, 5.74) is 0.473. The molecule has 0 amide bonds. The lowest BCUT2D eigenvalue weighted by Crippen LogP contribution is -2.58. The highest BCUT2D eigenvalue weighted by molar-refractivity contribution is 5.81. The normalized spacial score (nSPS) is 30.5. The summed E-state index contributed by atoms with van der Waals surface area (Å²) in [6.07, 6.45) is -8.00. The molecule has 0 aliphatic carbocycles. The Morgan fingerprint density at radius 3 is 2.71 bits per heavy atom. The minimum absolute atomic E-state index is 0.157. The van der Waals surface area contributed by atoms with E-state index in [1.54, 1.807) is 13.0 Å². The molecule has 0 bridgehead atoms. The molecule has 3 N–H and O–H groups in total. The zero-order valence-corrected chi connectivity index (χ0v) is 12.8. The average Bonchev–Trinajstić information content (AvgIpc) is 2.55. The van der Waals surface area contributed by atoms with E-state index in [1.165, 1.54) is 18.2 Å². The maximum absolute atomic E-state index is 14.1. The van der Waals surface area contributed by atoms with Crippen LogP contribution in [-0.2, 0) is 4.74 Å². The molecule has 1 saturated heterocycles. The monoisotopic (exact) mass is 340 g/mol. The van der Waals surface area contributed by atoms with Crippen molar-refractivity contribution in [1.82, 2.24) is 0 Å². The van der Waals surface area contributed by atoms with E-state index in [0.717, 1.165) is 5.56 Å². The van der Waals surface area contributed by atoms with E-state index in [9.17, 15) is 19.4 Å². The van der Waals surface area contributed by atoms with Gasteiger partial charge in [0.05, 0.1) is 6.61 Å². The molecule has 1 fully saturated rings. The quantitative estimate of drug-likeness (QED) is 0.688. The first-order chi connectivity index (χ1) is 11.4. The van der Waals surface area contributed by atoms with Crippen molar-refractivity contribution >= 4 is 11.0 Å². The van der Waals surface area contributed by atoms with Gasteiger partial charge in [-0.25, -0.2) is 9.18 Å². The van der Waals surface area contributed by atoms with Gasteiger partial charge in [-0.15, -0.1) is 0 Å². The van der Waals surface area contributed by atoms with Gasteiger partial charge in [0.2, 0.25) is 6.29 Å². The van der Waals surface area contributed by atoms with E-state index in [-0.39, 0.29) is 11.3 Å². The van der Waals surface area contributed by atoms with Crippen LogP contribution in [0.4, 0.5) is 4.39 Å². The van der Waals surface area contributed by atoms with Crippen LogP contribution in [0, 0.1) is 6.92 Å². The molecular formula is C16H17FO7. The summed E-state index contributed by atoms with van der Waals surface area (Å²) in [5.74, 6) is 0.157. The number of benzene rings is 1. The number of aryl methyl sites for hydroxylation is 1. The SMILES string of the molecule is Cc1cc(=O)oc2cc(O[C@@H]3O[C@H](CO)[C@H](O)[C@H](O)[C@H]3F)ccc12. The van der Waals surface area contributed by atoms with Gasteiger partial charge >= 0.3 is 5.63 Å². The number of ether oxygens (including phenoxy) is 2. The molecule has 130 valence electrons. The van der Waals surface area contributed by atoms with Gasteiger partial charge in [0.1, 0.15) is 29.6 Å². The zero-order chi connectivity index (χ0) is 17.4. The van der Waals surface area contributed by atoms with E-state index in [2.05, 4.69) is 0 Å². The molecule has 3 rings (SSSR count). The fourth-order valence-electron chi connectivity index (χ4n) is 2.65. The number of aliphatic hydroxyl groups excluding tert-OH is 3. The molecule has 2 aromatic rings. The summed E-state index contributed by atoms with van der Waals surface area (Å²) in [5, 5.41) is 29.1. The fourth-order valence-corrected chi connectivity index (χ4v) is 2.65. The zero-order valence-electron chi connectivity index (χ0n) is 12.8. The van der Waals surface area contributed by atoms with Crippen molar-refractivity contribution in [3.8, 4) is 5.75 Å². The first-order valence-electron chi connectivity index (χ1n) is 7.38. The summed E-state index contributed by atoms with van der Waals surface area (Å²) in [6, 6.07) is 5.95. The number of hydrogen-bond acceptors (Lipinski definition) is 7. The fraction of sp³-hybridized carbons (Fsp3) is 0.438. The molecule has 1 aliphatic heterocycles. The second-order valence-electron chi connectivity index (χ2n) is 5.68. The van der Waals surface area contributed by atoms with Crippen molar-refractivity contribution in [2.75, 3.05) is 6.61 Å². The predicted octanol–water partition coefficient (Wildman–Crippen LogP) is 0.257. The van der Waals surface area contributed by atoms with E-state index in [4.69, 9.17) is 19.0 Å². The first-order valence-corrected chi connectivity index (χ1v) is 7.38. The van der Waals surface area contributed by atoms with Gasteiger partial charge in [0, 0.05) is 17.5 Å². The summed E-state index contributed by atoms with van der Waals surface area (Å²) >= 11 is 0. The van der Waals surface area contributed by atoms with Gasteiger partial charge in [-0.3, -0.25) is 0 Å². The molecule has 24 heavy (non-hydrogen) atoms. The maximum Gasteiger partial charge on any atom is 0.336 e. The minimum Gasteiger partial charge on any atom is -0.461 e. The summed E-state index contributed by atoms with van der Waals surface area (Å²) in [6.45, 7) is 1.15. The third-order valence-electron chi connectivity index (χ3n) is 3.98. The van der Waals surface area contributed by atoms with Gasteiger partial charge < -0.3 is 29.2 Å². The molecular weight excluding hydrogens is 323 g/mol. The van der Waals surface area contributed by atoms with Crippen molar-refractivity contribution in [2.24, 2.45) is 0 Å². The molecule has 0 radical (unpaired) electrons. The lowest BCUT2D eigenvalue weighted by atomic mass is 10.0. The molecule has 7 nitrogen and oxygen atoms in total. The molecule has 2 heterocycles. The van der Waals surface area contributed by atoms with Gasteiger partial charge in [-0.2, -0.15) is 0 Å². The van der Waals surface area contributed by atoms with Gasteiger partial charge in [0.25, 0.3) is 0 Å². The van der Waals surface area contributed by atoms with Gasteiger partial charge in [-0.1, -0.05) is 0 Å². The number of hydrogen-bond donors (Lipinski definition) is 3. The first kappa shape index (κ1) is 16.8. The van der Waals surface area contributed by atoms with Crippen LogP contribution in [0.5, 0.6) is 5.75 Å². The smallest absolute Gasteiger partial charge is 0.336 e. The lowest BCUT2D eigenvalue weighted by molar-refractivity contribution is -0.261. The summed E-state index contributed by atoms with van der Waals surface area (Å²) in [4.78, 5) is 11.4. The highest BCUT2D eigenvalue weighted by Gasteiger charge is 2.46. The molecule has 1 aliphatic rings. The van der Waals surface area contributed by atoms with Crippen molar-refractivity contribution in [2.45, 2.75) is 37.7 Å². The molecule has 1 aromatic heterocycles. The Morgan fingerprint density at radius 1 is 1.25 bits per heavy atom. The van der Waals surface area contributed by atoms with Crippen LogP contribution in [0.1, 0.15) is 5.56 Å². The Bertz CT molecular complexity index is 788. The van der Waals surface area contributed by atoms with Crippen LogP contribution in [0.3, 0.4) is 0 Å². The number of aliphatic hydroxyl groups is 3. The average molecular weight is 340 g/mol. The van der Waals surface area contributed by atoms with Crippen molar-refractivity contribution < 1.29 is 33.6 Å². The predicted molar refractivity (Wildman–Crippen MR) is 80.5 cm³/mol. The topological polar surface area (TPSA) is 109 Å². The van der Waals surface area contributed by atoms with Crippen molar-refractivity contribution in [3.63, 3.8) is 0 Å². The Morgan fingerprint density at radius 2 is 2.00 bits per heavy atom. The lowest BCUT2D eigenvalue weighted by Gasteiger charge is -2.38. The molecule has 5 atom stereocenters. The Balaban J connectivity index is 1.87.